The van der Waals surface area contributed by atoms with Gasteiger partial charge in [-0.1, -0.05) is 40.6 Å². The molecule has 1 unspecified atom stereocenters. The van der Waals surface area contributed by atoms with Gasteiger partial charge in [0, 0.05) is 32.7 Å². The summed E-state index contributed by atoms with van der Waals surface area (Å²) in [6.45, 7) is 4.69. The zero-order chi connectivity index (χ0) is 25.3. The van der Waals surface area contributed by atoms with Crippen LogP contribution in [-0.2, 0) is 19.6 Å². The standard InChI is InChI=1S/C23H26Cl2N4O4S3/c24-16-4-1-6-18-21(16)26-23(34-18)28(10-3-9-27-12-14-33-15-13-27)22(30)17-5-2-11-29(17)36(31,32)20-8-7-19(25)35-20/h1,4,6-8,17H,2-3,5,9-15H2. The van der Waals surface area contributed by atoms with Crippen LogP contribution in [0.4, 0.5) is 5.13 Å². The van der Waals surface area contributed by atoms with Crippen molar-refractivity contribution in [3.8, 4) is 0 Å². The largest absolute Gasteiger partial charge is 0.379 e. The molecule has 2 fully saturated rings. The molecule has 8 nitrogen and oxygen atoms in total. The van der Waals surface area contributed by atoms with Crippen molar-refractivity contribution in [2.45, 2.75) is 29.5 Å². The second kappa shape index (κ2) is 11.2. The zero-order valence-corrected chi connectivity index (χ0v) is 23.4. The summed E-state index contributed by atoms with van der Waals surface area (Å²) in [7, 11) is -3.84. The lowest BCUT2D eigenvalue weighted by molar-refractivity contribution is -0.121. The van der Waals surface area contributed by atoms with Gasteiger partial charge in [-0.05, 0) is 43.5 Å². The van der Waals surface area contributed by atoms with Crippen LogP contribution >= 0.6 is 45.9 Å². The van der Waals surface area contributed by atoms with Gasteiger partial charge in [-0.25, -0.2) is 13.4 Å². The molecule has 5 rings (SSSR count). The van der Waals surface area contributed by atoms with E-state index < -0.39 is 16.1 Å². The molecule has 1 atom stereocenters. The summed E-state index contributed by atoms with van der Waals surface area (Å²) in [5, 5.41) is 1.06. The molecule has 2 aromatic heterocycles. The maximum atomic E-state index is 14.0. The van der Waals surface area contributed by atoms with E-state index in [0.29, 0.717) is 59.2 Å². The molecule has 2 aliphatic rings. The number of hydrogen-bond donors (Lipinski definition) is 0. The third-order valence-electron chi connectivity index (χ3n) is 6.42. The van der Waals surface area contributed by atoms with E-state index in [-0.39, 0.29) is 10.1 Å². The molecular formula is C23H26Cl2N4O4S3. The molecule has 0 radical (unpaired) electrons. The average molecular weight is 590 g/mol. The number of carbonyl (C=O) groups is 1. The van der Waals surface area contributed by atoms with Gasteiger partial charge in [-0.2, -0.15) is 4.31 Å². The molecule has 0 saturated carbocycles. The summed E-state index contributed by atoms with van der Waals surface area (Å²) in [6.07, 6.45) is 1.81. The van der Waals surface area contributed by atoms with Gasteiger partial charge in [-0.3, -0.25) is 14.6 Å². The number of thiazole rings is 1. The van der Waals surface area contributed by atoms with Crippen LogP contribution in [0.5, 0.6) is 0 Å². The number of rotatable bonds is 8. The molecule has 0 N–H and O–H groups in total. The Hall–Kier alpha value is -1.31. The second-order valence-corrected chi connectivity index (χ2v) is 14.0. The lowest BCUT2D eigenvalue weighted by atomic mass is 10.2. The molecule has 0 aliphatic carbocycles. The van der Waals surface area contributed by atoms with Crippen LogP contribution in [0.3, 0.4) is 0 Å². The number of para-hydroxylation sites is 1. The van der Waals surface area contributed by atoms with E-state index in [9.17, 15) is 13.2 Å². The minimum Gasteiger partial charge on any atom is -0.379 e. The summed E-state index contributed by atoms with van der Waals surface area (Å²) in [6, 6.07) is 7.82. The minimum atomic E-state index is -3.84. The van der Waals surface area contributed by atoms with Crippen molar-refractivity contribution in [2.24, 2.45) is 0 Å². The summed E-state index contributed by atoms with van der Waals surface area (Å²) < 4.78 is 35.0. The van der Waals surface area contributed by atoms with E-state index in [0.717, 1.165) is 42.1 Å². The Morgan fingerprint density at radius 2 is 1.94 bits per heavy atom. The van der Waals surface area contributed by atoms with Crippen molar-refractivity contribution in [1.82, 2.24) is 14.2 Å². The Bertz CT molecular complexity index is 1340. The first-order chi connectivity index (χ1) is 17.3. The van der Waals surface area contributed by atoms with Crippen LogP contribution in [0, 0.1) is 0 Å². The van der Waals surface area contributed by atoms with E-state index in [1.807, 2.05) is 12.1 Å². The van der Waals surface area contributed by atoms with Gasteiger partial charge >= 0.3 is 0 Å². The molecule has 36 heavy (non-hydrogen) atoms. The molecule has 2 aliphatic heterocycles. The number of anilines is 1. The Labute approximate surface area is 228 Å². The smallest absolute Gasteiger partial charge is 0.253 e. The number of ether oxygens (including phenoxy) is 1. The number of thiophene rings is 1. The number of halogens is 2. The van der Waals surface area contributed by atoms with Crippen LogP contribution in [0.1, 0.15) is 19.3 Å². The summed E-state index contributed by atoms with van der Waals surface area (Å²) in [4.78, 5) is 22.6. The third-order valence-corrected chi connectivity index (χ3v) is 11.4. The van der Waals surface area contributed by atoms with Crippen molar-refractivity contribution in [2.75, 3.05) is 50.8 Å². The first-order valence-corrected chi connectivity index (χ1v) is 15.6. The number of hydrogen-bond acceptors (Lipinski definition) is 8. The molecule has 1 aromatic carbocycles. The summed E-state index contributed by atoms with van der Waals surface area (Å²) >= 11 is 14.8. The molecule has 1 amide bonds. The van der Waals surface area contributed by atoms with Crippen LogP contribution in [0.15, 0.2) is 34.5 Å². The highest BCUT2D eigenvalue weighted by Crippen LogP contribution is 2.36. The monoisotopic (exact) mass is 588 g/mol. The average Bonchev–Trinajstić information content (AvgIpc) is 3.62. The topological polar surface area (TPSA) is 83.1 Å². The molecular weight excluding hydrogens is 563 g/mol. The highest BCUT2D eigenvalue weighted by Gasteiger charge is 2.42. The van der Waals surface area contributed by atoms with Crippen molar-refractivity contribution in [1.29, 1.82) is 0 Å². The fourth-order valence-electron chi connectivity index (χ4n) is 4.60. The number of benzene rings is 1. The predicted octanol–water partition coefficient (Wildman–Crippen LogP) is 4.57. The van der Waals surface area contributed by atoms with Crippen LogP contribution in [0.2, 0.25) is 9.36 Å². The van der Waals surface area contributed by atoms with Gasteiger partial charge in [0.15, 0.2) is 5.13 Å². The van der Waals surface area contributed by atoms with E-state index in [2.05, 4.69) is 4.90 Å². The number of sulfonamides is 1. The highest BCUT2D eigenvalue weighted by atomic mass is 35.5. The molecule has 194 valence electrons. The van der Waals surface area contributed by atoms with E-state index in [1.165, 1.54) is 21.7 Å². The van der Waals surface area contributed by atoms with Gasteiger partial charge in [-0.15, -0.1) is 11.3 Å². The Morgan fingerprint density at radius 3 is 2.67 bits per heavy atom. The second-order valence-electron chi connectivity index (χ2n) is 8.71. The van der Waals surface area contributed by atoms with Gasteiger partial charge in [0.1, 0.15) is 15.8 Å². The van der Waals surface area contributed by atoms with Gasteiger partial charge in [0.2, 0.25) is 5.91 Å². The van der Waals surface area contributed by atoms with Gasteiger partial charge < -0.3 is 4.74 Å². The van der Waals surface area contributed by atoms with E-state index in [1.54, 1.807) is 17.0 Å². The van der Waals surface area contributed by atoms with Crippen LogP contribution in [0.25, 0.3) is 10.2 Å². The Kier molecular flexibility index (Phi) is 8.19. The molecule has 13 heteroatoms. The normalized spacial score (nSPS) is 19.8. The first kappa shape index (κ1) is 26.3. The van der Waals surface area contributed by atoms with Gasteiger partial charge in [0.05, 0.1) is 27.3 Å². The molecule has 0 spiro atoms. The zero-order valence-electron chi connectivity index (χ0n) is 19.4. The first-order valence-electron chi connectivity index (χ1n) is 11.8. The SMILES string of the molecule is O=C(C1CCCN1S(=O)(=O)c1ccc(Cl)s1)N(CCCN1CCOCC1)c1nc2c(Cl)cccc2s1. The highest BCUT2D eigenvalue weighted by molar-refractivity contribution is 7.91. The number of nitrogens with zero attached hydrogens (tertiary/aromatic N) is 4. The Balaban J connectivity index is 1.42. The number of morpholine rings is 1. The van der Waals surface area contributed by atoms with Crippen molar-refractivity contribution >= 4 is 77.2 Å². The fraction of sp³-hybridized carbons (Fsp3) is 0.478. The lowest BCUT2D eigenvalue weighted by Crippen LogP contribution is -2.48. The predicted molar refractivity (Wildman–Crippen MR) is 145 cm³/mol. The third kappa shape index (κ3) is 5.44. The maximum Gasteiger partial charge on any atom is 0.253 e. The fourth-order valence-corrected chi connectivity index (χ4v) is 9.16. The number of carbonyl (C=O) groups excluding carboxylic acids is 1. The van der Waals surface area contributed by atoms with Gasteiger partial charge in [0.25, 0.3) is 10.0 Å². The molecule has 4 heterocycles. The number of aromatic nitrogens is 1. The van der Waals surface area contributed by atoms with E-state index in [4.69, 9.17) is 32.9 Å². The molecule has 3 aromatic rings. The minimum absolute atomic E-state index is 0.151. The Morgan fingerprint density at radius 1 is 1.14 bits per heavy atom. The van der Waals surface area contributed by atoms with Crippen LogP contribution in [-0.4, -0.2) is 80.5 Å². The number of amides is 1. The lowest BCUT2D eigenvalue weighted by Gasteiger charge is -2.30. The number of fused-ring (bicyclic) bond motifs is 1. The van der Waals surface area contributed by atoms with E-state index >= 15 is 0 Å². The summed E-state index contributed by atoms with van der Waals surface area (Å²) in [5.41, 5.74) is 0.647. The summed E-state index contributed by atoms with van der Waals surface area (Å²) in [5.74, 6) is -0.254. The van der Waals surface area contributed by atoms with Crippen LogP contribution < -0.4 is 4.90 Å². The van der Waals surface area contributed by atoms with Crippen molar-refractivity contribution in [3.05, 3.63) is 39.7 Å². The molecule has 2 saturated heterocycles. The maximum absolute atomic E-state index is 14.0. The van der Waals surface area contributed by atoms with Crippen molar-refractivity contribution < 1.29 is 17.9 Å². The quantitative estimate of drug-likeness (QED) is 0.383. The molecule has 0 bridgehead atoms. The van der Waals surface area contributed by atoms with Crippen molar-refractivity contribution in [3.63, 3.8) is 0 Å².